The van der Waals surface area contributed by atoms with Crippen LogP contribution < -0.4 is 0 Å². The molecule has 18 heavy (non-hydrogen) atoms. The summed E-state index contributed by atoms with van der Waals surface area (Å²) in [7, 11) is 0. The number of benzene rings is 2. The van der Waals surface area contributed by atoms with Gasteiger partial charge in [0.2, 0.25) is 0 Å². The highest BCUT2D eigenvalue weighted by atomic mass is 16.3. The van der Waals surface area contributed by atoms with Crippen molar-refractivity contribution in [2.45, 2.75) is 26.2 Å². The molecule has 93 valence electrons. The molecular formula is C17H19O. The first-order valence-electron chi connectivity index (χ1n) is 6.37. The summed E-state index contributed by atoms with van der Waals surface area (Å²) in [6.45, 7) is 2.22. The molecule has 0 bridgehead atoms. The molecule has 0 amide bonds. The molecule has 0 aromatic heterocycles. The van der Waals surface area contributed by atoms with Crippen molar-refractivity contribution in [1.29, 1.82) is 0 Å². The first-order valence-corrected chi connectivity index (χ1v) is 6.37. The molecule has 0 aliphatic rings. The number of hydrogen-bond acceptors (Lipinski definition) is 1. The lowest BCUT2D eigenvalue weighted by Gasteiger charge is -2.10. The highest BCUT2D eigenvalue weighted by Crippen LogP contribution is 2.18. The van der Waals surface area contributed by atoms with Gasteiger partial charge in [0.05, 0.1) is 0 Å². The minimum atomic E-state index is 0.337. The Hall–Kier alpha value is -1.76. The molecule has 0 aliphatic heterocycles. The fourth-order valence-electron chi connectivity index (χ4n) is 2.05. The molecule has 2 aromatic rings. The number of rotatable bonds is 5. The van der Waals surface area contributed by atoms with Crippen molar-refractivity contribution in [2.75, 3.05) is 0 Å². The van der Waals surface area contributed by atoms with Crippen molar-refractivity contribution >= 4 is 0 Å². The Labute approximate surface area is 109 Å². The zero-order chi connectivity index (χ0) is 12.8. The molecule has 1 nitrogen and oxygen atoms in total. The van der Waals surface area contributed by atoms with Gasteiger partial charge in [-0.25, -0.2) is 0 Å². The van der Waals surface area contributed by atoms with Gasteiger partial charge in [-0.3, -0.25) is 0 Å². The van der Waals surface area contributed by atoms with Crippen LogP contribution in [0.25, 0.3) is 0 Å². The number of hydrogen-bond donors (Lipinski definition) is 1. The van der Waals surface area contributed by atoms with Gasteiger partial charge in [0.1, 0.15) is 5.75 Å². The lowest BCUT2D eigenvalue weighted by molar-refractivity contribution is 0.475. The number of aromatic hydroxyl groups is 1. The lowest BCUT2D eigenvalue weighted by Crippen LogP contribution is -1.99. The fraction of sp³-hybridized carbons (Fsp3) is 0.235. The Morgan fingerprint density at radius 1 is 0.889 bits per heavy atom. The van der Waals surface area contributed by atoms with Gasteiger partial charge in [0.15, 0.2) is 0 Å². The molecule has 2 rings (SSSR count). The summed E-state index contributed by atoms with van der Waals surface area (Å²) in [5.41, 5.74) is 2.65. The zero-order valence-corrected chi connectivity index (χ0v) is 10.8. The van der Waals surface area contributed by atoms with E-state index >= 15 is 0 Å². The van der Waals surface area contributed by atoms with Crippen LogP contribution in [0.3, 0.4) is 0 Å². The third-order valence-corrected chi connectivity index (χ3v) is 3.13. The van der Waals surface area contributed by atoms with E-state index in [1.165, 1.54) is 17.0 Å². The second kappa shape index (κ2) is 6.25. The maximum absolute atomic E-state index is 9.22. The molecule has 0 saturated carbocycles. The van der Waals surface area contributed by atoms with Crippen molar-refractivity contribution < 1.29 is 5.11 Å². The summed E-state index contributed by atoms with van der Waals surface area (Å²) < 4.78 is 0. The van der Waals surface area contributed by atoms with Crippen molar-refractivity contribution in [3.05, 3.63) is 71.6 Å². The molecule has 0 heterocycles. The third-order valence-electron chi connectivity index (χ3n) is 3.13. The summed E-state index contributed by atoms with van der Waals surface area (Å²) in [6.07, 6.45) is 3.19. The quantitative estimate of drug-likeness (QED) is 0.830. The number of phenolic OH excluding ortho intramolecular Hbond substituents is 1. The van der Waals surface area contributed by atoms with Crippen LogP contribution in [0.1, 0.15) is 24.5 Å². The second-order valence-electron chi connectivity index (χ2n) is 4.79. The molecule has 0 atom stereocenters. The van der Waals surface area contributed by atoms with Gasteiger partial charge in [-0.1, -0.05) is 49.4 Å². The van der Waals surface area contributed by atoms with Gasteiger partial charge in [-0.15, -0.1) is 0 Å². The molecule has 2 aromatic carbocycles. The van der Waals surface area contributed by atoms with E-state index in [1.807, 2.05) is 12.1 Å². The maximum Gasteiger partial charge on any atom is 0.115 e. The lowest BCUT2D eigenvalue weighted by atomic mass is 9.94. The highest BCUT2D eigenvalue weighted by molar-refractivity contribution is 5.26. The van der Waals surface area contributed by atoms with Gasteiger partial charge in [0.25, 0.3) is 0 Å². The predicted octanol–water partition coefficient (Wildman–Crippen LogP) is 4.16. The van der Waals surface area contributed by atoms with E-state index < -0.39 is 0 Å². The topological polar surface area (TPSA) is 20.2 Å². The average molecular weight is 239 g/mol. The maximum atomic E-state index is 9.22. The largest absolute Gasteiger partial charge is 0.508 e. The van der Waals surface area contributed by atoms with Crippen LogP contribution in [0.4, 0.5) is 0 Å². The van der Waals surface area contributed by atoms with Crippen LogP contribution in [0.15, 0.2) is 54.6 Å². The minimum Gasteiger partial charge on any atom is -0.508 e. The van der Waals surface area contributed by atoms with Crippen molar-refractivity contribution in [3.63, 3.8) is 0 Å². The van der Waals surface area contributed by atoms with E-state index in [1.54, 1.807) is 12.1 Å². The normalized spacial score (nSPS) is 10.8. The fourth-order valence-corrected chi connectivity index (χ4v) is 2.05. The summed E-state index contributed by atoms with van der Waals surface area (Å²) in [4.78, 5) is 0. The monoisotopic (exact) mass is 239 g/mol. The minimum absolute atomic E-state index is 0.337. The predicted molar refractivity (Wildman–Crippen MR) is 75.5 cm³/mol. The summed E-state index contributed by atoms with van der Waals surface area (Å²) >= 11 is 0. The molecule has 0 unspecified atom stereocenters. The van der Waals surface area contributed by atoms with Crippen LogP contribution in [-0.2, 0) is 12.8 Å². The summed E-state index contributed by atoms with van der Waals surface area (Å²) in [5, 5.41) is 9.22. The molecule has 1 heteroatoms. The zero-order valence-electron chi connectivity index (χ0n) is 10.8. The smallest absolute Gasteiger partial charge is 0.115 e. The van der Waals surface area contributed by atoms with Crippen LogP contribution in [0, 0.1) is 5.92 Å². The number of phenols is 1. The molecule has 0 aliphatic carbocycles. The Kier molecular flexibility index (Phi) is 4.40. The molecule has 1 radical (unpaired) electrons. The number of aryl methyl sites for hydroxylation is 1. The van der Waals surface area contributed by atoms with E-state index in [0.717, 1.165) is 19.3 Å². The SMILES string of the molecule is C[C](CCc1ccc(O)cc1)Cc1ccccc1. The van der Waals surface area contributed by atoms with Crippen molar-refractivity contribution in [3.8, 4) is 5.75 Å². The Morgan fingerprint density at radius 3 is 2.22 bits per heavy atom. The standard InChI is InChI=1S/C17H19O/c1-14(13-16-5-3-2-4-6-16)7-8-15-9-11-17(18)12-10-15/h2-6,9-12,18H,7-8,13H2,1H3. The molecular weight excluding hydrogens is 220 g/mol. The van der Waals surface area contributed by atoms with Crippen LogP contribution >= 0.6 is 0 Å². The van der Waals surface area contributed by atoms with E-state index in [4.69, 9.17) is 0 Å². The molecule has 1 N–H and O–H groups in total. The Bertz CT molecular complexity index is 459. The van der Waals surface area contributed by atoms with E-state index in [9.17, 15) is 5.11 Å². The van der Waals surface area contributed by atoms with Gasteiger partial charge in [-0.2, -0.15) is 0 Å². The van der Waals surface area contributed by atoms with Crippen LogP contribution in [0.5, 0.6) is 5.75 Å². The summed E-state index contributed by atoms with van der Waals surface area (Å²) in [5.74, 6) is 1.83. The van der Waals surface area contributed by atoms with Gasteiger partial charge >= 0.3 is 0 Å². The van der Waals surface area contributed by atoms with E-state index in [0.29, 0.717) is 5.75 Å². The van der Waals surface area contributed by atoms with E-state index in [2.05, 4.69) is 37.3 Å². The second-order valence-corrected chi connectivity index (χ2v) is 4.79. The summed E-state index contributed by atoms with van der Waals surface area (Å²) in [6, 6.07) is 18.1. The van der Waals surface area contributed by atoms with E-state index in [-0.39, 0.29) is 0 Å². The Balaban J connectivity index is 1.81. The molecule has 0 saturated heterocycles. The average Bonchev–Trinajstić information content (AvgIpc) is 2.39. The Morgan fingerprint density at radius 2 is 1.56 bits per heavy atom. The highest BCUT2D eigenvalue weighted by Gasteiger charge is 2.04. The first kappa shape index (κ1) is 12.7. The van der Waals surface area contributed by atoms with Gasteiger partial charge in [0, 0.05) is 0 Å². The van der Waals surface area contributed by atoms with Crippen LogP contribution in [0.2, 0.25) is 0 Å². The van der Waals surface area contributed by atoms with Crippen LogP contribution in [-0.4, -0.2) is 5.11 Å². The van der Waals surface area contributed by atoms with Gasteiger partial charge in [-0.05, 0) is 48.4 Å². The molecule has 0 spiro atoms. The van der Waals surface area contributed by atoms with Crippen molar-refractivity contribution in [1.82, 2.24) is 0 Å². The van der Waals surface area contributed by atoms with Crippen molar-refractivity contribution in [2.24, 2.45) is 0 Å². The first-order chi connectivity index (χ1) is 8.74. The third kappa shape index (κ3) is 3.92. The molecule has 0 fully saturated rings. The van der Waals surface area contributed by atoms with Gasteiger partial charge < -0.3 is 5.11 Å².